The molecule has 0 unspecified atom stereocenters. The van der Waals surface area contributed by atoms with Crippen LogP contribution in [0.25, 0.3) is 0 Å². The summed E-state index contributed by atoms with van der Waals surface area (Å²) in [5.74, 6) is -8.78. The van der Waals surface area contributed by atoms with Crippen molar-refractivity contribution in [3.05, 3.63) is 57.4 Å². The second-order valence-corrected chi connectivity index (χ2v) is 10.5. The minimum atomic E-state index is -3.10. The lowest BCUT2D eigenvalue weighted by Crippen LogP contribution is -2.49. The van der Waals surface area contributed by atoms with Crippen molar-refractivity contribution in [2.24, 2.45) is 17.8 Å². The number of hydrogen-bond acceptors (Lipinski definition) is 13. The standard InChI is InChI=1S/C27H33FN4O11/c1-14(2)22(34)39-12-27(28)20(42-24(36)16(5)6)19(41-23(35)15(3)4)21(43-27)31-10-7-18(33)32(26(31)38)13-40-25(37)17-11-29-8-9-30-17/h7-11,14-16,19-21H,12-13H2,1-6H3/t19-,20+,21-,27-/m1/s1. The van der Waals surface area contributed by atoms with Crippen molar-refractivity contribution in [3.8, 4) is 0 Å². The lowest BCUT2D eigenvalue weighted by atomic mass is 10.1. The molecule has 1 saturated heterocycles. The van der Waals surface area contributed by atoms with Gasteiger partial charge in [-0.05, 0) is 0 Å². The number of esters is 4. The summed E-state index contributed by atoms with van der Waals surface area (Å²) in [7, 11) is 0. The van der Waals surface area contributed by atoms with Crippen molar-refractivity contribution in [1.29, 1.82) is 0 Å². The number of ether oxygens (including phenoxy) is 5. The van der Waals surface area contributed by atoms with Crippen LogP contribution < -0.4 is 11.2 Å². The van der Waals surface area contributed by atoms with Crippen LogP contribution in [0, 0.1) is 17.8 Å². The molecule has 2 aromatic heterocycles. The summed E-state index contributed by atoms with van der Waals surface area (Å²) in [6.45, 7) is 6.99. The third-order valence-corrected chi connectivity index (χ3v) is 6.11. The number of nitrogens with zero attached hydrogens (tertiary/aromatic N) is 4. The van der Waals surface area contributed by atoms with Crippen molar-refractivity contribution in [3.63, 3.8) is 0 Å². The molecule has 4 atom stereocenters. The Balaban J connectivity index is 2.06. The molecule has 0 radical (unpaired) electrons. The van der Waals surface area contributed by atoms with E-state index >= 15 is 4.39 Å². The van der Waals surface area contributed by atoms with E-state index in [4.69, 9.17) is 23.7 Å². The van der Waals surface area contributed by atoms with Gasteiger partial charge in [-0.15, -0.1) is 0 Å². The van der Waals surface area contributed by atoms with Crippen molar-refractivity contribution in [2.45, 2.75) is 72.6 Å². The third kappa shape index (κ3) is 7.68. The number of hydrogen-bond donors (Lipinski definition) is 0. The largest absolute Gasteiger partial charge is 0.459 e. The first-order valence-corrected chi connectivity index (χ1v) is 13.4. The van der Waals surface area contributed by atoms with Crippen molar-refractivity contribution in [2.75, 3.05) is 6.61 Å². The normalized spacial score (nSPS) is 21.6. The highest BCUT2D eigenvalue weighted by Gasteiger charge is 2.62. The zero-order chi connectivity index (χ0) is 32.1. The molecule has 2 aromatic rings. The highest BCUT2D eigenvalue weighted by molar-refractivity contribution is 5.86. The van der Waals surface area contributed by atoms with E-state index in [9.17, 15) is 28.8 Å². The Labute approximate surface area is 244 Å². The Morgan fingerprint density at radius 3 is 2.16 bits per heavy atom. The molecule has 1 aliphatic heterocycles. The van der Waals surface area contributed by atoms with E-state index < -0.39 is 90.5 Å². The van der Waals surface area contributed by atoms with Gasteiger partial charge < -0.3 is 23.7 Å². The first-order chi connectivity index (χ1) is 20.2. The molecule has 0 spiro atoms. The summed E-state index contributed by atoms with van der Waals surface area (Å²) >= 11 is 0. The molecule has 0 aliphatic carbocycles. The molecular weight excluding hydrogens is 575 g/mol. The van der Waals surface area contributed by atoms with Gasteiger partial charge in [0.15, 0.2) is 31.4 Å². The monoisotopic (exact) mass is 608 g/mol. The number of aromatic nitrogens is 4. The van der Waals surface area contributed by atoms with Crippen molar-refractivity contribution < 1.29 is 47.3 Å². The lowest BCUT2D eigenvalue weighted by Gasteiger charge is -2.28. The van der Waals surface area contributed by atoms with E-state index in [0.29, 0.717) is 9.13 Å². The molecule has 3 rings (SSSR count). The molecule has 0 N–H and O–H groups in total. The lowest BCUT2D eigenvalue weighted by molar-refractivity contribution is -0.226. The molecule has 43 heavy (non-hydrogen) atoms. The van der Waals surface area contributed by atoms with Crippen LogP contribution in [0.5, 0.6) is 0 Å². The van der Waals surface area contributed by atoms with E-state index in [-0.39, 0.29) is 5.69 Å². The molecule has 0 amide bonds. The average Bonchev–Trinajstić information content (AvgIpc) is 3.22. The summed E-state index contributed by atoms with van der Waals surface area (Å²) in [5, 5.41) is 0. The molecule has 3 heterocycles. The Kier molecular flexibility index (Phi) is 10.5. The molecule has 15 nitrogen and oxygen atoms in total. The second-order valence-electron chi connectivity index (χ2n) is 10.5. The summed E-state index contributed by atoms with van der Waals surface area (Å²) in [4.78, 5) is 83.3. The fourth-order valence-corrected chi connectivity index (χ4v) is 3.65. The molecule has 1 aliphatic rings. The number of halogens is 1. The minimum absolute atomic E-state index is 0.195. The fourth-order valence-electron chi connectivity index (χ4n) is 3.65. The maximum Gasteiger partial charge on any atom is 0.360 e. The van der Waals surface area contributed by atoms with Gasteiger partial charge in [0.05, 0.1) is 24.0 Å². The van der Waals surface area contributed by atoms with Crippen molar-refractivity contribution in [1.82, 2.24) is 19.1 Å². The maximum atomic E-state index is 16.6. The SMILES string of the molecule is CC(C)C(=O)OC[C@@]1(F)O[C@@H](n2ccc(=O)n(COC(=O)c3cnccn3)c2=O)[C@H](OC(=O)C(C)C)[C@@H]1OC(=O)C(C)C. The quantitative estimate of drug-likeness (QED) is 0.262. The van der Waals surface area contributed by atoms with E-state index in [1.54, 1.807) is 0 Å². The van der Waals surface area contributed by atoms with Gasteiger partial charge in [-0.1, -0.05) is 41.5 Å². The molecule has 1 fully saturated rings. The van der Waals surface area contributed by atoms with E-state index in [1.807, 2.05) is 0 Å². The summed E-state index contributed by atoms with van der Waals surface area (Å²) in [6.07, 6.45) is -1.01. The predicted molar refractivity (Wildman–Crippen MR) is 142 cm³/mol. The van der Waals surface area contributed by atoms with Gasteiger partial charge in [0.1, 0.15) is 0 Å². The van der Waals surface area contributed by atoms with Gasteiger partial charge in [-0.2, -0.15) is 0 Å². The number of alkyl halides is 1. The highest BCUT2D eigenvalue weighted by Crippen LogP contribution is 2.42. The van der Waals surface area contributed by atoms with Gasteiger partial charge >= 0.3 is 29.6 Å². The zero-order valence-electron chi connectivity index (χ0n) is 24.4. The third-order valence-electron chi connectivity index (χ3n) is 6.11. The van der Waals surface area contributed by atoms with Crippen LogP contribution in [0.15, 0.2) is 40.4 Å². The average molecular weight is 609 g/mol. The highest BCUT2D eigenvalue weighted by atomic mass is 19.2. The molecular formula is C27H33FN4O11. The van der Waals surface area contributed by atoms with Gasteiger partial charge in [-0.25, -0.2) is 23.5 Å². The van der Waals surface area contributed by atoms with Crippen LogP contribution >= 0.6 is 0 Å². The molecule has 0 saturated carbocycles. The first kappa shape index (κ1) is 33.0. The number of carbonyl (C=O) groups is 4. The Bertz CT molecular complexity index is 1460. The Morgan fingerprint density at radius 2 is 1.58 bits per heavy atom. The summed E-state index contributed by atoms with van der Waals surface area (Å²) in [6, 6.07) is 0.897. The minimum Gasteiger partial charge on any atom is -0.459 e. The van der Waals surface area contributed by atoms with Crippen LogP contribution in [0.2, 0.25) is 0 Å². The van der Waals surface area contributed by atoms with Gasteiger partial charge in [0, 0.05) is 24.7 Å². The summed E-state index contributed by atoms with van der Waals surface area (Å²) in [5.41, 5.74) is -2.26. The zero-order valence-corrected chi connectivity index (χ0v) is 24.4. The van der Waals surface area contributed by atoms with Gasteiger partial charge in [-0.3, -0.25) is 28.7 Å². The molecule has 16 heteroatoms. The van der Waals surface area contributed by atoms with E-state index in [1.165, 1.54) is 53.9 Å². The van der Waals surface area contributed by atoms with E-state index in [2.05, 4.69) is 9.97 Å². The number of carbonyl (C=O) groups excluding carboxylic acids is 4. The molecule has 0 bridgehead atoms. The van der Waals surface area contributed by atoms with Crippen LogP contribution in [-0.4, -0.2) is 67.6 Å². The molecule has 234 valence electrons. The first-order valence-electron chi connectivity index (χ1n) is 13.4. The van der Waals surface area contributed by atoms with Crippen LogP contribution in [-0.2, 0) is 44.8 Å². The van der Waals surface area contributed by atoms with Gasteiger partial charge in [0.25, 0.3) is 11.4 Å². The predicted octanol–water partition coefficient (Wildman–Crippen LogP) is 1.14. The van der Waals surface area contributed by atoms with Crippen molar-refractivity contribution >= 4 is 23.9 Å². The molecule has 0 aromatic carbocycles. The Hall–Kier alpha value is -4.47. The van der Waals surface area contributed by atoms with Crippen LogP contribution in [0.3, 0.4) is 0 Å². The van der Waals surface area contributed by atoms with Crippen LogP contribution in [0.4, 0.5) is 4.39 Å². The van der Waals surface area contributed by atoms with Gasteiger partial charge in [0.2, 0.25) is 6.10 Å². The second kappa shape index (κ2) is 13.7. The maximum absolute atomic E-state index is 16.6. The Morgan fingerprint density at radius 1 is 0.953 bits per heavy atom. The smallest absolute Gasteiger partial charge is 0.360 e. The van der Waals surface area contributed by atoms with Crippen LogP contribution in [0.1, 0.15) is 58.3 Å². The fraction of sp³-hybridized carbons (Fsp3) is 0.556. The summed E-state index contributed by atoms with van der Waals surface area (Å²) < 4.78 is 44.3. The number of rotatable bonds is 11. The topological polar surface area (TPSA) is 184 Å². The van der Waals surface area contributed by atoms with E-state index in [0.717, 1.165) is 18.5 Å².